The maximum atomic E-state index is 10.3. The summed E-state index contributed by atoms with van der Waals surface area (Å²) in [5.74, 6) is -1.18. The SMILES string of the molecule is Cc1ccncc1C(=O)[O-]. The van der Waals surface area contributed by atoms with Crippen LogP contribution in [0.3, 0.4) is 0 Å². The number of carboxylic acids is 1. The molecule has 0 atom stereocenters. The molecule has 0 saturated heterocycles. The molecule has 0 aliphatic rings. The first kappa shape index (κ1) is 6.74. The van der Waals surface area contributed by atoms with Gasteiger partial charge in [0.15, 0.2) is 0 Å². The van der Waals surface area contributed by atoms with Crippen LogP contribution in [0.2, 0.25) is 0 Å². The highest BCUT2D eigenvalue weighted by Crippen LogP contribution is 2.01. The molecule has 0 N–H and O–H groups in total. The first-order valence-corrected chi connectivity index (χ1v) is 2.84. The van der Waals surface area contributed by atoms with E-state index >= 15 is 0 Å². The fraction of sp³-hybridized carbons (Fsp3) is 0.143. The first-order chi connectivity index (χ1) is 4.72. The number of carbonyl (C=O) groups is 1. The van der Waals surface area contributed by atoms with Gasteiger partial charge in [0.2, 0.25) is 0 Å². The van der Waals surface area contributed by atoms with Gasteiger partial charge in [0.1, 0.15) is 0 Å². The van der Waals surface area contributed by atoms with Crippen molar-refractivity contribution >= 4 is 5.97 Å². The number of hydrogen-bond donors (Lipinski definition) is 0. The van der Waals surface area contributed by atoms with E-state index in [0.717, 1.165) is 0 Å². The highest BCUT2D eigenvalue weighted by atomic mass is 16.4. The van der Waals surface area contributed by atoms with E-state index in [1.54, 1.807) is 19.2 Å². The Balaban J connectivity index is 3.15. The van der Waals surface area contributed by atoms with Crippen molar-refractivity contribution in [1.82, 2.24) is 4.98 Å². The molecule has 0 fully saturated rings. The van der Waals surface area contributed by atoms with Crippen molar-refractivity contribution in [2.75, 3.05) is 0 Å². The van der Waals surface area contributed by atoms with Gasteiger partial charge in [-0.3, -0.25) is 4.98 Å². The molecule has 0 bridgehead atoms. The van der Waals surface area contributed by atoms with E-state index in [9.17, 15) is 9.90 Å². The minimum Gasteiger partial charge on any atom is -0.545 e. The van der Waals surface area contributed by atoms with Gasteiger partial charge in [0.05, 0.1) is 5.97 Å². The largest absolute Gasteiger partial charge is 0.545 e. The lowest BCUT2D eigenvalue weighted by molar-refractivity contribution is -0.255. The van der Waals surface area contributed by atoms with Gasteiger partial charge in [-0.25, -0.2) is 0 Å². The molecule has 0 radical (unpaired) electrons. The maximum Gasteiger partial charge on any atom is 0.0733 e. The maximum absolute atomic E-state index is 10.3. The number of hydrogen-bond acceptors (Lipinski definition) is 3. The van der Waals surface area contributed by atoms with Crippen LogP contribution in [0.5, 0.6) is 0 Å². The minimum atomic E-state index is -1.18. The second kappa shape index (κ2) is 2.47. The van der Waals surface area contributed by atoms with Crippen molar-refractivity contribution in [3.63, 3.8) is 0 Å². The zero-order valence-electron chi connectivity index (χ0n) is 5.50. The highest BCUT2D eigenvalue weighted by Gasteiger charge is 1.95. The summed E-state index contributed by atoms with van der Waals surface area (Å²) in [6.07, 6.45) is 2.83. The molecule has 1 rings (SSSR count). The number of carboxylic acid groups (broad SMARTS) is 1. The molecule has 0 saturated carbocycles. The fourth-order valence-corrected chi connectivity index (χ4v) is 0.678. The summed E-state index contributed by atoms with van der Waals surface area (Å²) >= 11 is 0. The second-order valence-corrected chi connectivity index (χ2v) is 1.98. The van der Waals surface area contributed by atoms with E-state index in [1.165, 1.54) is 6.20 Å². The summed E-state index contributed by atoms with van der Waals surface area (Å²) in [6, 6.07) is 1.63. The van der Waals surface area contributed by atoms with Crippen LogP contribution >= 0.6 is 0 Å². The van der Waals surface area contributed by atoms with Crippen LogP contribution in [0.4, 0.5) is 0 Å². The van der Waals surface area contributed by atoms with Gasteiger partial charge in [-0.05, 0) is 18.6 Å². The predicted molar refractivity (Wildman–Crippen MR) is 33.3 cm³/mol. The summed E-state index contributed by atoms with van der Waals surface area (Å²) in [6.45, 7) is 1.70. The third kappa shape index (κ3) is 1.13. The molecule has 0 spiro atoms. The molecule has 3 heteroatoms. The molecule has 0 aromatic carbocycles. The van der Waals surface area contributed by atoms with Gasteiger partial charge in [0.25, 0.3) is 0 Å². The number of aryl methyl sites for hydroxylation is 1. The molecule has 0 aliphatic carbocycles. The van der Waals surface area contributed by atoms with Gasteiger partial charge in [0, 0.05) is 18.0 Å². The zero-order chi connectivity index (χ0) is 7.56. The second-order valence-electron chi connectivity index (χ2n) is 1.98. The van der Waals surface area contributed by atoms with Crippen molar-refractivity contribution in [3.8, 4) is 0 Å². The van der Waals surface area contributed by atoms with Crippen LogP contribution in [-0.2, 0) is 0 Å². The third-order valence-electron chi connectivity index (χ3n) is 1.26. The summed E-state index contributed by atoms with van der Waals surface area (Å²) in [4.78, 5) is 13.9. The van der Waals surface area contributed by atoms with E-state index in [2.05, 4.69) is 4.98 Å². The molecule has 10 heavy (non-hydrogen) atoms. The number of nitrogens with zero attached hydrogens (tertiary/aromatic N) is 1. The average molecular weight is 136 g/mol. The number of carbonyl (C=O) groups excluding carboxylic acids is 1. The molecular weight excluding hydrogens is 130 g/mol. The van der Waals surface area contributed by atoms with E-state index in [4.69, 9.17) is 0 Å². The van der Waals surface area contributed by atoms with E-state index in [-0.39, 0.29) is 5.56 Å². The van der Waals surface area contributed by atoms with Crippen molar-refractivity contribution in [1.29, 1.82) is 0 Å². The lowest BCUT2D eigenvalue weighted by atomic mass is 10.2. The van der Waals surface area contributed by atoms with Crippen molar-refractivity contribution < 1.29 is 9.90 Å². The molecule has 3 nitrogen and oxygen atoms in total. The number of aromatic carboxylic acids is 1. The Morgan fingerprint density at radius 2 is 2.40 bits per heavy atom. The zero-order valence-corrected chi connectivity index (χ0v) is 5.50. The van der Waals surface area contributed by atoms with Crippen LogP contribution in [-0.4, -0.2) is 11.0 Å². The van der Waals surface area contributed by atoms with E-state index in [0.29, 0.717) is 5.56 Å². The van der Waals surface area contributed by atoms with Crippen molar-refractivity contribution in [3.05, 3.63) is 29.6 Å². The molecule has 0 aliphatic heterocycles. The molecule has 0 unspecified atom stereocenters. The third-order valence-corrected chi connectivity index (χ3v) is 1.26. The Kier molecular flexibility index (Phi) is 1.67. The minimum absolute atomic E-state index is 0.155. The van der Waals surface area contributed by atoms with Crippen molar-refractivity contribution in [2.24, 2.45) is 0 Å². The Morgan fingerprint density at radius 3 is 2.80 bits per heavy atom. The molecular formula is C7H6NO2-. The van der Waals surface area contributed by atoms with Gasteiger partial charge in [-0.15, -0.1) is 0 Å². The lowest BCUT2D eigenvalue weighted by Crippen LogP contribution is -2.23. The van der Waals surface area contributed by atoms with Gasteiger partial charge < -0.3 is 9.90 Å². The summed E-state index contributed by atoms with van der Waals surface area (Å²) in [5, 5.41) is 10.3. The number of aromatic nitrogens is 1. The van der Waals surface area contributed by atoms with E-state index < -0.39 is 5.97 Å². The molecule has 0 amide bonds. The molecule has 52 valence electrons. The fourth-order valence-electron chi connectivity index (χ4n) is 0.678. The Labute approximate surface area is 58.3 Å². The van der Waals surface area contributed by atoms with Crippen LogP contribution in [0.15, 0.2) is 18.5 Å². The quantitative estimate of drug-likeness (QED) is 0.535. The van der Waals surface area contributed by atoms with Gasteiger partial charge in [-0.2, -0.15) is 0 Å². The first-order valence-electron chi connectivity index (χ1n) is 2.84. The number of pyridine rings is 1. The van der Waals surface area contributed by atoms with Gasteiger partial charge in [-0.1, -0.05) is 0 Å². The standard InChI is InChI=1S/C7H7NO2/c1-5-2-3-8-4-6(5)7(9)10/h2-4H,1H3,(H,9,10)/p-1. The highest BCUT2D eigenvalue weighted by molar-refractivity contribution is 5.86. The van der Waals surface area contributed by atoms with Crippen molar-refractivity contribution in [2.45, 2.75) is 6.92 Å². The van der Waals surface area contributed by atoms with Crippen LogP contribution in [0, 0.1) is 6.92 Å². The summed E-state index contributed by atoms with van der Waals surface area (Å²) < 4.78 is 0. The van der Waals surface area contributed by atoms with Crippen LogP contribution in [0.1, 0.15) is 15.9 Å². The topological polar surface area (TPSA) is 53.0 Å². The Morgan fingerprint density at radius 1 is 1.70 bits per heavy atom. The average Bonchev–Trinajstić information content (AvgIpc) is 1.88. The Bertz CT molecular complexity index is 258. The van der Waals surface area contributed by atoms with Gasteiger partial charge >= 0.3 is 0 Å². The molecule has 1 aromatic heterocycles. The van der Waals surface area contributed by atoms with E-state index in [1.807, 2.05) is 0 Å². The van der Waals surface area contributed by atoms with Crippen LogP contribution in [0.25, 0.3) is 0 Å². The molecule has 1 aromatic rings. The monoisotopic (exact) mass is 136 g/mol. The van der Waals surface area contributed by atoms with Crippen LogP contribution < -0.4 is 5.11 Å². The molecule has 1 heterocycles. The normalized spacial score (nSPS) is 9.30. The Hall–Kier alpha value is -1.38. The smallest absolute Gasteiger partial charge is 0.0733 e. The number of rotatable bonds is 1. The lowest BCUT2D eigenvalue weighted by Gasteiger charge is -2.03. The summed E-state index contributed by atoms with van der Waals surface area (Å²) in [7, 11) is 0. The predicted octanol–water partition coefficient (Wildman–Crippen LogP) is -0.246. The summed E-state index contributed by atoms with van der Waals surface area (Å²) in [5.41, 5.74) is 0.831.